The van der Waals surface area contributed by atoms with Gasteiger partial charge in [-0.2, -0.15) is 0 Å². The monoisotopic (exact) mass is 528 g/mol. The Hall–Kier alpha value is -5.31. The van der Waals surface area contributed by atoms with Gasteiger partial charge in [0.1, 0.15) is 5.82 Å². The van der Waals surface area contributed by atoms with E-state index < -0.39 is 5.97 Å². The van der Waals surface area contributed by atoms with E-state index >= 15 is 0 Å². The molecule has 2 N–H and O–H groups in total. The van der Waals surface area contributed by atoms with Gasteiger partial charge in [0.2, 0.25) is 5.91 Å². The highest BCUT2D eigenvalue weighted by molar-refractivity contribution is 5.95. The molecule has 1 aliphatic rings. The molecule has 0 radical (unpaired) electrons. The third-order valence-electron chi connectivity index (χ3n) is 7.44. The standard InChI is InChI=1S/C31H24N6O3/c1-36-17-32-16-28(36)26-14-20(22-4-2-3-5-24(22)33-26)15-29-34-25-13-19(31(39)40)6-10-27(25)37(29)21-8-9-23-18(12-21)7-11-30(38)35-23/h2-6,8-10,12-14,16-17H,7,11,15H2,1H3,(H,35,38)(H,39,40). The number of hydrogen-bond acceptors (Lipinski definition) is 5. The summed E-state index contributed by atoms with van der Waals surface area (Å²) in [6.45, 7) is 0. The highest BCUT2D eigenvalue weighted by Gasteiger charge is 2.20. The van der Waals surface area contributed by atoms with Gasteiger partial charge in [0.25, 0.3) is 0 Å². The molecule has 4 heterocycles. The Kier molecular flexibility index (Phi) is 5.45. The van der Waals surface area contributed by atoms with Crippen molar-refractivity contribution in [2.45, 2.75) is 19.3 Å². The van der Waals surface area contributed by atoms with E-state index in [1.54, 1.807) is 24.7 Å². The molecule has 0 bridgehead atoms. The maximum atomic E-state index is 11.9. The van der Waals surface area contributed by atoms with E-state index in [2.05, 4.69) is 33.1 Å². The minimum atomic E-state index is -0.997. The van der Waals surface area contributed by atoms with Crippen molar-refractivity contribution in [1.29, 1.82) is 0 Å². The second-order valence-electron chi connectivity index (χ2n) is 10.0. The zero-order chi connectivity index (χ0) is 27.4. The molecule has 0 fully saturated rings. The van der Waals surface area contributed by atoms with Crippen LogP contribution >= 0.6 is 0 Å². The summed E-state index contributed by atoms with van der Waals surface area (Å²) in [6, 6.07) is 21.1. The average Bonchev–Trinajstić information content (AvgIpc) is 3.55. The third kappa shape index (κ3) is 3.99. The number of imidazole rings is 2. The first-order valence-corrected chi connectivity index (χ1v) is 13.0. The fourth-order valence-corrected chi connectivity index (χ4v) is 5.48. The molecular formula is C31H24N6O3. The summed E-state index contributed by atoms with van der Waals surface area (Å²) in [6.07, 6.45) is 5.14. The first-order valence-electron chi connectivity index (χ1n) is 13.0. The van der Waals surface area contributed by atoms with Crippen LogP contribution in [0.4, 0.5) is 5.69 Å². The van der Waals surface area contributed by atoms with Crippen molar-refractivity contribution < 1.29 is 14.7 Å². The Morgan fingerprint density at radius 3 is 2.70 bits per heavy atom. The lowest BCUT2D eigenvalue weighted by Gasteiger charge is -2.19. The van der Waals surface area contributed by atoms with Crippen LogP contribution < -0.4 is 5.32 Å². The average molecular weight is 529 g/mol. The number of pyridine rings is 1. The number of nitrogens with one attached hydrogen (secondary N) is 1. The van der Waals surface area contributed by atoms with E-state index in [0.717, 1.165) is 56.1 Å². The fourth-order valence-electron chi connectivity index (χ4n) is 5.48. The van der Waals surface area contributed by atoms with Gasteiger partial charge in [-0.15, -0.1) is 0 Å². The van der Waals surface area contributed by atoms with Crippen molar-refractivity contribution in [2.24, 2.45) is 7.05 Å². The number of amides is 1. The maximum absolute atomic E-state index is 11.9. The molecule has 40 heavy (non-hydrogen) atoms. The number of fused-ring (bicyclic) bond motifs is 3. The normalized spacial score (nSPS) is 13.0. The van der Waals surface area contributed by atoms with Gasteiger partial charge in [0, 0.05) is 36.7 Å². The van der Waals surface area contributed by atoms with Gasteiger partial charge < -0.3 is 15.0 Å². The van der Waals surface area contributed by atoms with E-state index in [9.17, 15) is 14.7 Å². The van der Waals surface area contributed by atoms with Gasteiger partial charge in [-0.3, -0.25) is 9.36 Å². The largest absolute Gasteiger partial charge is 0.478 e. The van der Waals surface area contributed by atoms with Crippen LogP contribution in [0.15, 0.2) is 79.3 Å². The molecule has 0 spiro atoms. The molecule has 7 rings (SSSR count). The molecule has 196 valence electrons. The SMILES string of the molecule is Cn1cncc1-c1cc(Cc2nc3cc(C(=O)O)ccc3n2-c2ccc3c(c2)CCC(=O)N3)c2ccccc2n1. The third-order valence-corrected chi connectivity index (χ3v) is 7.44. The molecule has 6 aromatic rings. The van der Waals surface area contributed by atoms with Crippen LogP contribution in [0, 0.1) is 0 Å². The molecule has 3 aromatic carbocycles. The first kappa shape index (κ1) is 23.8. The minimum absolute atomic E-state index is 0.0176. The van der Waals surface area contributed by atoms with Crippen molar-refractivity contribution in [2.75, 3.05) is 5.32 Å². The number of carbonyl (C=O) groups excluding carboxylic acids is 1. The number of hydrogen-bond donors (Lipinski definition) is 2. The smallest absolute Gasteiger partial charge is 0.335 e. The summed E-state index contributed by atoms with van der Waals surface area (Å²) >= 11 is 0. The van der Waals surface area contributed by atoms with E-state index in [1.165, 1.54) is 0 Å². The lowest BCUT2D eigenvalue weighted by Crippen LogP contribution is -2.19. The van der Waals surface area contributed by atoms with Gasteiger partial charge >= 0.3 is 5.97 Å². The van der Waals surface area contributed by atoms with Crippen molar-refractivity contribution in [3.8, 4) is 17.1 Å². The topological polar surface area (TPSA) is 115 Å². The number of carboxylic acids is 1. The number of para-hydroxylation sites is 1. The van der Waals surface area contributed by atoms with Gasteiger partial charge in [-0.1, -0.05) is 18.2 Å². The van der Waals surface area contributed by atoms with Crippen molar-refractivity contribution >= 4 is 39.5 Å². The van der Waals surface area contributed by atoms with Crippen molar-refractivity contribution in [1.82, 2.24) is 24.1 Å². The van der Waals surface area contributed by atoms with E-state index in [1.807, 2.05) is 48.0 Å². The van der Waals surface area contributed by atoms with Crippen LogP contribution in [0.3, 0.4) is 0 Å². The summed E-state index contributed by atoms with van der Waals surface area (Å²) in [5.74, 6) is -0.211. The van der Waals surface area contributed by atoms with Crippen LogP contribution in [0.25, 0.3) is 39.0 Å². The summed E-state index contributed by atoms with van der Waals surface area (Å²) in [4.78, 5) is 37.8. The second-order valence-corrected chi connectivity index (χ2v) is 10.0. The lowest BCUT2D eigenvalue weighted by atomic mass is 10.0. The summed E-state index contributed by atoms with van der Waals surface area (Å²) in [5.41, 5.74) is 8.01. The van der Waals surface area contributed by atoms with E-state index in [4.69, 9.17) is 9.97 Å². The Bertz CT molecular complexity index is 1990. The lowest BCUT2D eigenvalue weighted by molar-refractivity contribution is -0.116. The Balaban J connectivity index is 1.43. The minimum Gasteiger partial charge on any atom is -0.478 e. The van der Waals surface area contributed by atoms with E-state index in [0.29, 0.717) is 24.8 Å². The molecule has 0 aliphatic carbocycles. The quantitative estimate of drug-likeness (QED) is 0.320. The predicted molar refractivity (Wildman–Crippen MR) is 152 cm³/mol. The number of rotatable bonds is 5. The molecule has 3 aromatic heterocycles. The van der Waals surface area contributed by atoms with Crippen LogP contribution in [-0.4, -0.2) is 41.1 Å². The number of carbonyl (C=O) groups is 2. The van der Waals surface area contributed by atoms with E-state index in [-0.39, 0.29) is 11.5 Å². The molecule has 1 amide bonds. The first-order chi connectivity index (χ1) is 19.4. The van der Waals surface area contributed by atoms with Gasteiger partial charge in [0.05, 0.1) is 46.0 Å². The number of nitrogens with zero attached hydrogens (tertiary/aromatic N) is 5. The fraction of sp³-hybridized carbons (Fsp3) is 0.129. The van der Waals surface area contributed by atoms with Gasteiger partial charge in [-0.25, -0.2) is 19.7 Å². The maximum Gasteiger partial charge on any atom is 0.335 e. The van der Waals surface area contributed by atoms with Gasteiger partial charge in [0.15, 0.2) is 0 Å². The predicted octanol–water partition coefficient (Wildman–Crippen LogP) is 5.15. The van der Waals surface area contributed by atoms with Crippen LogP contribution in [0.2, 0.25) is 0 Å². The number of aryl methyl sites for hydroxylation is 2. The van der Waals surface area contributed by atoms with Crippen molar-refractivity contribution in [3.63, 3.8) is 0 Å². The molecule has 9 nitrogen and oxygen atoms in total. The zero-order valence-electron chi connectivity index (χ0n) is 21.6. The molecule has 0 saturated heterocycles. The van der Waals surface area contributed by atoms with Gasteiger partial charge in [-0.05, 0) is 66.1 Å². The Morgan fingerprint density at radius 1 is 1.00 bits per heavy atom. The Morgan fingerprint density at radius 2 is 1.88 bits per heavy atom. The van der Waals surface area contributed by atoms with Crippen molar-refractivity contribution in [3.05, 3.63) is 102 Å². The number of anilines is 1. The number of aromatic carboxylic acids is 1. The molecule has 0 saturated carbocycles. The molecule has 1 aliphatic heterocycles. The van der Waals surface area contributed by atoms with Crippen LogP contribution in [0.1, 0.15) is 33.7 Å². The number of benzene rings is 3. The number of carboxylic acid groups (broad SMARTS) is 1. The second kappa shape index (κ2) is 9.16. The molecule has 9 heteroatoms. The molecular weight excluding hydrogens is 504 g/mol. The summed E-state index contributed by atoms with van der Waals surface area (Å²) < 4.78 is 4.02. The van der Waals surface area contributed by atoms with Crippen LogP contribution in [0.5, 0.6) is 0 Å². The Labute approximate surface area is 228 Å². The molecule has 0 unspecified atom stereocenters. The highest BCUT2D eigenvalue weighted by atomic mass is 16.4. The summed E-state index contributed by atoms with van der Waals surface area (Å²) in [5, 5.41) is 13.6. The van der Waals surface area contributed by atoms with Crippen LogP contribution in [-0.2, 0) is 24.7 Å². The highest BCUT2D eigenvalue weighted by Crippen LogP contribution is 2.31. The number of aromatic nitrogens is 5. The summed E-state index contributed by atoms with van der Waals surface area (Å²) in [7, 11) is 1.94. The molecule has 0 atom stereocenters. The zero-order valence-corrected chi connectivity index (χ0v) is 21.6.